The fourth-order valence-electron chi connectivity index (χ4n) is 6.89. The third kappa shape index (κ3) is 6.42. The molecule has 3 atom stereocenters. The minimum Gasteiger partial charge on any atom is -0.491 e. The zero-order valence-corrected chi connectivity index (χ0v) is 27.7. The molecule has 2 bridgehead atoms. The standard InChI is InChI=1S/C40H42O8/c1-5-37(41)47-21-19-44-18-20-45-35-16-17-36(29-12-7-6-11-28(29)35)46-22-23-48-38(42)34-25-30-27-10-8-9-13-32(27)40(34,43)33-15-14-26(24-31(30)33)39(2,3)4/h5-17,24,30,34,43H,1,18-23,25H2,2-4H3. The minimum atomic E-state index is -1.47. The highest BCUT2D eigenvalue weighted by atomic mass is 16.6. The predicted octanol–water partition coefficient (Wildman–Crippen LogP) is 6.59. The molecule has 4 aromatic carbocycles. The molecular formula is C40H42O8. The molecule has 0 saturated carbocycles. The van der Waals surface area contributed by atoms with Crippen LogP contribution in [0.15, 0.2) is 91.5 Å². The van der Waals surface area contributed by atoms with Crippen molar-refractivity contribution < 1.29 is 38.4 Å². The van der Waals surface area contributed by atoms with Gasteiger partial charge in [0.1, 0.15) is 43.5 Å². The number of benzene rings is 4. The van der Waals surface area contributed by atoms with Crippen LogP contribution in [-0.4, -0.2) is 56.7 Å². The van der Waals surface area contributed by atoms with Gasteiger partial charge >= 0.3 is 11.9 Å². The third-order valence-corrected chi connectivity index (χ3v) is 9.26. The molecule has 0 heterocycles. The molecule has 8 heteroatoms. The Hall–Kier alpha value is -4.66. The number of esters is 2. The quantitative estimate of drug-likeness (QED) is 0.0984. The summed E-state index contributed by atoms with van der Waals surface area (Å²) in [6.07, 6.45) is 1.59. The fraction of sp³-hybridized carbons (Fsp3) is 0.350. The smallest absolute Gasteiger partial charge is 0.330 e. The zero-order chi connectivity index (χ0) is 33.9. The van der Waals surface area contributed by atoms with Crippen LogP contribution in [0.3, 0.4) is 0 Å². The molecule has 3 unspecified atom stereocenters. The number of carbonyl (C=O) groups is 2. The van der Waals surface area contributed by atoms with Gasteiger partial charge in [-0.3, -0.25) is 4.79 Å². The number of hydrogen-bond donors (Lipinski definition) is 1. The molecule has 0 aromatic heterocycles. The van der Waals surface area contributed by atoms with Gasteiger partial charge in [-0.05, 0) is 51.8 Å². The molecule has 0 aliphatic heterocycles. The summed E-state index contributed by atoms with van der Waals surface area (Å²) < 4.78 is 28.2. The Bertz CT molecular complexity index is 1820. The molecule has 250 valence electrons. The van der Waals surface area contributed by atoms with Gasteiger partial charge in [-0.1, -0.05) is 94.1 Å². The fourth-order valence-corrected chi connectivity index (χ4v) is 6.89. The molecule has 0 fully saturated rings. The summed E-state index contributed by atoms with van der Waals surface area (Å²) in [5.41, 5.74) is 3.44. The number of fused-ring (bicyclic) bond motifs is 2. The van der Waals surface area contributed by atoms with Crippen LogP contribution in [0.25, 0.3) is 10.8 Å². The summed E-state index contributed by atoms with van der Waals surface area (Å²) in [5.74, 6) is -0.316. The summed E-state index contributed by atoms with van der Waals surface area (Å²) in [7, 11) is 0. The minimum absolute atomic E-state index is 0.00186. The van der Waals surface area contributed by atoms with Crippen molar-refractivity contribution in [3.05, 3.63) is 119 Å². The maximum atomic E-state index is 13.6. The molecular weight excluding hydrogens is 608 g/mol. The lowest BCUT2D eigenvalue weighted by Crippen LogP contribution is -2.51. The second-order valence-electron chi connectivity index (χ2n) is 13.2. The summed E-state index contributed by atoms with van der Waals surface area (Å²) in [6, 6.07) is 25.6. The molecule has 0 amide bonds. The van der Waals surface area contributed by atoms with Crippen molar-refractivity contribution in [2.24, 2.45) is 5.92 Å². The molecule has 0 spiro atoms. The largest absolute Gasteiger partial charge is 0.491 e. The van der Waals surface area contributed by atoms with Crippen molar-refractivity contribution in [3.8, 4) is 11.5 Å². The van der Waals surface area contributed by atoms with Crippen LogP contribution >= 0.6 is 0 Å². The topological polar surface area (TPSA) is 101 Å². The van der Waals surface area contributed by atoms with Gasteiger partial charge in [0.25, 0.3) is 0 Å². The Labute approximate surface area is 281 Å². The first-order chi connectivity index (χ1) is 23.1. The van der Waals surface area contributed by atoms with E-state index in [9.17, 15) is 14.7 Å². The van der Waals surface area contributed by atoms with Gasteiger partial charge in [-0.25, -0.2) is 4.79 Å². The lowest BCUT2D eigenvalue weighted by molar-refractivity contribution is -0.160. The van der Waals surface area contributed by atoms with Crippen LogP contribution in [0.2, 0.25) is 0 Å². The van der Waals surface area contributed by atoms with Crippen molar-refractivity contribution in [2.75, 3.05) is 39.6 Å². The van der Waals surface area contributed by atoms with Crippen molar-refractivity contribution in [1.29, 1.82) is 0 Å². The van der Waals surface area contributed by atoms with E-state index in [0.717, 1.165) is 39.1 Å². The molecule has 1 N–H and O–H groups in total. The Morgan fingerprint density at radius 2 is 1.40 bits per heavy atom. The van der Waals surface area contributed by atoms with Crippen LogP contribution in [0.4, 0.5) is 0 Å². The van der Waals surface area contributed by atoms with E-state index < -0.39 is 23.5 Å². The van der Waals surface area contributed by atoms with E-state index in [4.69, 9.17) is 23.7 Å². The molecule has 0 radical (unpaired) electrons. The highest BCUT2D eigenvalue weighted by Gasteiger charge is 2.56. The van der Waals surface area contributed by atoms with E-state index in [0.29, 0.717) is 31.1 Å². The van der Waals surface area contributed by atoms with Crippen LogP contribution in [0, 0.1) is 5.92 Å². The molecule has 3 aliphatic carbocycles. The van der Waals surface area contributed by atoms with Crippen molar-refractivity contribution in [3.63, 3.8) is 0 Å². The van der Waals surface area contributed by atoms with Gasteiger partial charge < -0.3 is 28.8 Å². The maximum Gasteiger partial charge on any atom is 0.330 e. The van der Waals surface area contributed by atoms with Gasteiger partial charge in [0.2, 0.25) is 0 Å². The van der Waals surface area contributed by atoms with Gasteiger partial charge in [0.15, 0.2) is 0 Å². The van der Waals surface area contributed by atoms with Gasteiger partial charge in [0, 0.05) is 22.8 Å². The van der Waals surface area contributed by atoms with Crippen LogP contribution in [0.1, 0.15) is 60.9 Å². The van der Waals surface area contributed by atoms with Gasteiger partial charge in [-0.2, -0.15) is 0 Å². The van der Waals surface area contributed by atoms with Gasteiger partial charge in [-0.15, -0.1) is 0 Å². The Morgan fingerprint density at radius 1 is 0.792 bits per heavy atom. The molecule has 48 heavy (non-hydrogen) atoms. The third-order valence-electron chi connectivity index (χ3n) is 9.26. The van der Waals surface area contributed by atoms with Crippen molar-refractivity contribution >= 4 is 22.7 Å². The summed E-state index contributed by atoms with van der Waals surface area (Å²) >= 11 is 0. The zero-order valence-electron chi connectivity index (χ0n) is 27.7. The predicted molar refractivity (Wildman–Crippen MR) is 182 cm³/mol. The second-order valence-corrected chi connectivity index (χ2v) is 13.2. The number of aliphatic hydroxyl groups is 1. The lowest BCUT2D eigenvalue weighted by atomic mass is 9.56. The van der Waals surface area contributed by atoms with E-state index in [1.807, 2.05) is 60.7 Å². The average molecular weight is 651 g/mol. The number of hydrogen-bond acceptors (Lipinski definition) is 8. The molecule has 4 aromatic rings. The van der Waals surface area contributed by atoms with E-state index in [-0.39, 0.29) is 37.8 Å². The first kappa shape index (κ1) is 33.2. The summed E-state index contributed by atoms with van der Waals surface area (Å²) in [4.78, 5) is 24.7. The molecule has 8 nitrogen and oxygen atoms in total. The highest BCUT2D eigenvalue weighted by Crippen LogP contribution is 2.58. The summed E-state index contributed by atoms with van der Waals surface area (Å²) in [5, 5.41) is 14.1. The molecule has 7 rings (SSSR count). The SMILES string of the molecule is C=CC(=O)OCCOCCOc1ccc(OCCOC(=O)C2CC3c4ccccc4C2(O)c2ccc(C(C)(C)C)cc23)c2ccccc12. The van der Waals surface area contributed by atoms with Crippen molar-refractivity contribution in [2.45, 2.75) is 44.1 Å². The molecule has 3 aliphatic rings. The summed E-state index contributed by atoms with van der Waals surface area (Å²) in [6.45, 7) is 11.1. The Morgan fingerprint density at radius 3 is 2.08 bits per heavy atom. The Kier molecular flexibility index (Phi) is 9.58. The highest BCUT2D eigenvalue weighted by molar-refractivity contribution is 5.93. The first-order valence-electron chi connectivity index (χ1n) is 16.4. The normalized spacial score (nSPS) is 19.2. The maximum absolute atomic E-state index is 13.6. The van der Waals surface area contributed by atoms with Crippen LogP contribution in [-0.2, 0) is 34.8 Å². The number of ether oxygens (including phenoxy) is 5. The van der Waals surface area contributed by atoms with Gasteiger partial charge in [0.05, 0.1) is 19.1 Å². The van der Waals surface area contributed by atoms with E-state index in [1.54, 1.807) is 0 Å². The lowest BCUT2D eigenvalue weighted by Gasteiger charge is -2.50. The second kappa shape index (κ2) is 13.8. The van der Waals surface area contributed by atoms with Crippen LogP contribution in [0.5, 0.6) is 11.5 Å². The monoisotopic (exact) mass is 650 g/mol. The van der Waals surface area contributed by atoms with E-state index >= 15 is 0 Å². The Balaban J connectivity index is 1.08. The molecule has 0 saturated heterocycles. The number of rotatable bonds is 13. The number of carbonyl (C=O) groups excluding carboxylic acids is 2. The average Bonchev–Trinajstić information content (AvgIpc) is 3.09. The van der Waals surface area contributed by atoms with E-state index in [2.05, 4.69) is 45.5 Å². The first-order valence-corrected chi connectivity index (χ1v) is 16.4. The van der Waals surface area contributed by atoms with Crippen molar-refractivity contribution in [1.82, 2.24) is 0 Å². The van der Waals surface area contributed by atoms with Crippen LogP contribution < -0.4 is 9.47 Å². The van der Waals surface area contributed by atoms with E-state index in [1.165, 1.54) is 5.56 Å².